The molecule has 0 aliphatic carbocycles. The van der Waals surface area contributed by atoms with Crippen LogP contribution in [0.5, 0.6) is 0 Å². The van der Waals surface area contributed by atoms with E-state index in [4.69, 9.17) is 4.19 Å². The molecule has 0 saturated carbocycles. The van der Waals surface area contributed by atoms with Crippen molar-refractivity contribution in [1.82, 2.24) is 0 Å². The molecular weight excluding hydrogens is 212 g/mol. The Bertz CT molecular complexity index is 176. The van der Waals surface area contributed by atoms with Crippen LogP contribution in [0.15, 0.2) is 0 Å². The van der Waals surface area contributed by atoms with Gasteiger partial charge in [0, 0.05) is 0 Å². The molecule has 0 aliphatic heterocycles. The zero-order chi connectivity index (χ0) is 7.71. The molecule has 0 bridgehead atoms. The van der Waals surface area contributed by atoms with E-state index in [2.05, 4.69) is 3.82 Å². The van der Waals surface area contributed by atoms with Crippen LogP contribution in [0.4, 0.5) is 13.2 Å². The van der Waals surface area contributed by atoms with Crippen LogP contribution in [0.1, 0.15) is 0 Å². The van der Waals surface area contributed by atoms with Crippen molar-refractivity contribution in [2.45, 2.75) is 6.36 Å². The molecule has 0 atom stereocenters. The summed E-state index contributed by atoms with van der Waals surface area (Å²) in [6.07, 6.45) is -5.32. The molecule has 9 heavy (non-hydrogen) atoms. The van der Waals surface area contributed by atoms with Crippen LogP contribution < -0.4 is 0 Å². The van der Waals surface area contributed by atoms with E-state index in [-0.39, 0.29) is 0 Å². The number of alkyl halides is 3. The van der Waals surface area contributed by atoms with Crippen molar-refractivity contribution in [3.8, 4) is 0 Å². The molecule has 0 fully saturated rings. The van der Waals surface area contributed by atoms with E-state index in [0.717, 1.165) is 0 Å². The standard InChI is InChI=1S/CHF3O4Se/c2-1(3,4)8-9(5,6)7/h(H,5,6,7). The van der Waals surface area contributed by atoms with E-state index < -0.39 is 19.7 Å². The van der Waals surface area contributed by atoms with Crippen LogP contribution in [-0.2, 0) is 11.5 Å². The van der Waals surface area contributed by atoms with Crippen molar-refractivity contribution in [3.05, 3.63) is 0 Å². The predicted molar refractivity (Wildman–Crippen MR) is 16.5 cm³/mol. The van der Waals surface area contributed by atoms with Gasteiger partial charge in [-0.1, -0.05) is 0 Å². The van der Waals surface area contributed by atoms with E-state index in [1.54, 1.807) is 0 Å². The van der Waals surface area contributed by atoms with Gasteiger partial charge in [-0.2, -0.15) is 0 Å². The number of hydrogen-bond donors (Lipinski definition) is 1. The van der Waals surface area contributed by atoms with Gasteiger partial charge >= 0.3 is 48.6 Å². The molecule has 0 spiro atoms. The number of hydrogen-bond acceptors (Lipinski definition) is 3. The van der Waals surface area contributed by atoms with Crippen molar-refractivity contribution in [3.63, 3.8) is 0 Å². The van der Waals surface area contributed by atoms with E-state index in [1.807, 2.05) is 0 Å². The Morgan fingerprint density at radius 2 is 1.67 bits per heavy atom. The molecule has 0 amide bonds. The van der Waals surface area contributed by atoms with Crippen LogP contribution in [0.3, 0.4) is 0 Å². The number of halogens is 3. The quantitative estimate of drug-likeness (QED) is 0.613. The van der Waals surface area contributed by atoms with Gasteiger partial charge in [-0.3, -0.25) is 0 Å². The Hall–Kier alpha value is -0.171. The summed E-state index contributed by atoms with van der Waals surface area (Å²) in [5, 5.41) is 0. The summed E-state index contributed by atoms with van der Waals surface area (Å²) in [5.74, 6) is 0. The summed E-state index contributed by atoms with van der Waals surface area (Å²) in [4.78, 5) is 0. The van der Waals surface area contributed by atoms with Crippen LogP contribution in [0.25, 0.3) is 0 Å². The van der Waals surface area contributed by atoms with E-state index in [1.165, 1.54) is 0 Å². The van der Waals surface area contributed by atoms with Crippen molar-refractivity contribution < 1.29 is 28.8 Å². The van der Waals surface area contributed by atoms with Gasteiger partial charge in [-0.15, -0.1) is 0 Å². The van der Waals surface area contributed by atoms with Crippen LogP contribution in [0.2, 0.25) is 0 Å². The third-order valence-electron chi connectivity index (χ3n) is 0.200. The fourth-order valence-corrected chi connectivity index (χ4v) is 0.620. The molecule has 0 radical (unpaired) electrons. The second kappa shape index (κ2) is 2.22. The second-order valence-electron chi connectivity index (χ2n) is 0.957. The van der Waals surface area contributed by atoms with Crippen LogP contribution in [-0.4, -0.2) is 23.9 Å². The normalized spacial score (nSPS) is 13.8. The first kappa shape index (κ1) is 8.83. The minimum atomic E-state index is -6.08. The van der Waals surface area contributed by atoms with E-state index in [9.17, 15) is 20.8 Å². The molecule has 4 nitrogen and oxygen atoms in total. The Balaban J connectivity index is 4.07. The van der Waals surface area contributed by atoms with Gasteiger partial charge in [0.2, 0.25) is 0 Å². The van der Waals surface area contributed by atoms with Crippen molar-refractivity contribution in [2.75, 3.05) is 0 Å². The van der Waals surface area contributed by atoms with Crippen LogP contribution in [0, 0.1) is 0 Å². The minimum absolute atomic E-state index is 2.23. The molecule has 8 heteroatoms. The van der Waals surface area contributed by atoms with Gasteiger partial charge in [-0.05, 0) is 0 Å². The molecule has 1 N–H and O–H groups in total. The average Bonchev–Trinajstić information content (AvgIpc) is 1.14. The molecular formula is CHF3O4Se. The van der Waals surface area contributed by atoms with Crippen molar-refractivity contribution in [1.29, 1.82) is 0 Å². The SMILES string of the molecule is O=[Se](=O)(O)OC(F)(F)F. The number of rotatable bonds is 1. The Kier molecular flexibility index (Phi) is 2.18. The van der Waals surface area contributed by atoms with Gasteiger partial charge in [0.1, 0.15) is 0 Å². The Morgan fingerprint density at radius 1 is 1.33 bits per heavy atom. The van der Waals surface area contributed by atoms with Gasteiger partial charge in [0.15, 0.2) is 0 Å². The van der Waals surface area contributed by atoms with Crippen molar-refractivity contribution >= 4 is 13.4 Å². The molecule has 0 aromatic rings. The maximum absolute atomic E-state index is 10.8. The molecule has 0 aromatic carbocycles. The summed E-state index contributed by atoms with van der Waals surface area (Å²) in [6.45, 7) is 0. The molecule has 0 aromatic heterocycles. The average molecular weight is 213 g/mol. The first-order chi connectivity index (χ1) is 3.71. The predicted octanol–water partition coefficient (Wildman–Crippen LogP) is -0.188. The molecule has 0 aliphatic rings. The Labute approximate surface area is 49.5 Å². The monoisotopic (exact) mass is 214 g/mol. The summed E-state index contributed by atoms with van der Waals surface area (Å²) < 4.78 is 60.8. The second-order valence-corrected chi connectivity index (χ2v) is 3.10. The summed E-state index contributed by atoms with van der Waals surface area (Å²) in [5.41, 5.74) is 0. The third-order valence-corrected chi connectivity index (χ3v) is 1.04. The Morgan fingerprint density at radius 3 is 1.67 bits per heavy atom. The summed E-state index contributed by atoms with van der Waals surface area (Å²) in [6, 6.07) is 0. The van der Waals surface area contributed by atoms with E-state index >= 15 is 0 Å². The fourth-order valence-electron chi connectivity index (χ4n) is 0.119. The molecule has 0 rings (SSSR count). The van der Waals surface area contributed by atoms with Crippen LogP contribution >= 0.6 is 0 Å². The molecule has 0 saturated heterocycles. The molecule has 56 valence electrons. The van der Waals surface area contributed by atoms with E-state index in [0.29, 0.717) is 0 Å². The maximum atomic E-state index is 10.8. The van der Waals surface area contributed by atoms with Crippen molar-refractivity contribution in [2.24, 2.45) is 0 Å². The summed E-state index contributed by atoms with van der Waals surface area (Å²) >= 11 is -6.08. The topological polar surface area (TPSA) is 63.6 Å². The van der Waals surface area contributed by atoms with Gasteiger partial charge in [0.25, 0.3) is 0 Å². The summed E-state index contributed by atoms with van der Waals surface area (Å²) in [7, 11) is 0. The zero-order valence-corrected chi connectivity index (χ0v) is 5.43. The molecule has 0 heterocycles. The van der Waals surface area contributed by atoms with Gasteiger partial charge < -0.3 is 0 Å². The third kappa shape index (κ3) is 7.83. The zero-order valence-electron chi connectivity index (χ0n) is 3.71. The first-order valence-corrected chi connectivity index (χ1v) is 4.32. The van der Waals surface area contributed by atoms with Gasteiger partial charge in [0.05, 0.1) is 0 Å². The van der Waals surface area contributed by atoms with Gasteiger partial charge in [-0.25, -0.2) is 0 Å². The first-order valence-electron chi connectivity index (χ1n) is 1.45. The fraction of sp³-hybridized carbons (Fsp3) is 1.00. The molecule has 0 unspecified atom stereocenters.